The largest absolute Gasteiger partial charge is 0.319 e. The van der Waals surface area contributed by atoms with Crippen molar-refractivity contribution in [2.24, 2.45) is 0 Å². The number of benzene rings is 3. The van der Waals surface area contributed by atoms with Gasteiger partial charge in [-0.1, -0.05) is 23.8 Å². The molecule has 0 aliphatic heterocycles. The summed E-state index contributed by atoms with van der Waals surface area (Å²) >= 11 is 0. The first-order valence-corrected chi connectivity index (χ1v) is 8.74. The highest BCUT2D eigenvalue weighted by Gasteiger charge is 2.16. The minimum atomic E-state index is -0.510. The summed E-state index contributed by atoms with van der Waals surface area (Å²) in [6.45, 7) is 1.92. The van der Waals surface area contributed by atoms with Crippen molar-refractivity contribution in [3.05, 3.63) is 95.6 Å². The van der Waals surface area contributed by atoms with Crippen molar-refractivity contribution in [3.63, 3.8) is 0 Å². The molecule has 0 spiro atoms. The highest BCUT2D eigenvalue weighted by atomic mass is 19.1. The zero-order chi connectivity index (χ0) is 19.7. The number of pyridine rings is 1. The van der Waals surface area contributed by atoms with Crippen LogP contribution in [0.2, 0.25) is 0 Å². The fourth-order valence-corrected chi connectivity index (χ4v) is 3.05. The molecule has 0 unspecified atom stereocenters. The van der Waals surface area contributed by atoms with Crippen LogP contribution in [-0.4, -0.2) is 10.9 Å². The van der Waals surface area contributed by atoms with Gasteiger partial charge in [0, 0.05) is 10.9 Å². The molecule has 0 aliphatic carbocycles. The van der Waals surface area contributed by atoms with Crippen molar-refractivity contribution in [1.29, 1.82) is 0 Å². The Morgan fingerprint density at radius 1 is 0.929 bits per heavy atom. The lowest BCUT2D eigenvalue weighted by atomic mass is 10.0. The molecule has 1 aromatic heterocycles. The quantitative estimate of drug-likeness (QED) is 0.497. The summed E-state index contributed by atoms with van der Waals surface area (Å²) < 4.78 is 27.2. The van der Waals surface area contributed by atoms with Crippen LogP contribution in [0.3, 0.4) is 0 Å². The van der Waals surface area contributed by atoms with Crippen molar-refractivity contribution < 1.29 is 13.6 Å². The molecular weight excluding hydrogens is 358 g/mol. The molecule has 0 atom stereocenters. The molecule has 0 radical (unpaired) electrons. The first-order chi connectivity index (χ1) is 13.5. The van der Waals surface area contributed by atoms with Crippen molar-refractivity contribution in [2.75, 3.05) is 5.32 Å². The summed E-state index contributed by atoms with van der Waals surface area (Å²) in [5, 5.41) is 3.29. The first-order valence-electron chi connectivity index (χ1n) is 8.74. The normalized spacial score (nSPS) is 10.8. The van der Waals surface area contributed by atoms with E-state index < -0.39 is 11.7 Å². The van der Waals surface area contributed by atoms with E-state index in [1.54, 1.807) is 30.3 Å². The lowest BCUT2D eigenvalue weighted by Gasteiger charge is -2.12. The predicted octanol–water partition coefficient (Wildman–Crippen LogP) is 5.74. The maximum atomic E-state index is 14.0. The topological polar surface area (TPSA) is 42.0 Å². The van der Waals surface area contributed by atoms with Gasteiger partial charge >= 0.3 is 0 Å². The Hall–Kier alpha value is -3.60. The van der Waals surface area contributed by atoms with Gasteiger partial charge < -0.3 is 5.32 Å². The van der Waals surface area contributed by atoms with Gasteiger partial charge in [-0.15, -0.1) is 0 Å². The van der Waals surface area contributed by atoms with Crippen LogP contribution in [0.5, 0.6) is 0 Å². The fourth-order valence-electron chi connectivity index (χ4n) is 3.05. The van der Waals surface area contributed by atoms with Crippen molar-refractivity contribution >= 4 is 22.5 Å². The SMILES string of the molecule is Cc1ccc2nc(-c3ccc(F)cc3)cc(C(=O)Nc3ccccc3F)c2c1. The van der Waals surface area contributed by atoms with Gasteiger partial charge in [0.25, 0.3) is 5.91 Å². The maximum absolute atomic E-state index is 14.0. The maximum Gasteiger partial charge on any atom is 0.256 e. The first kappa shape index (κ1) is 17.8. The van der Waals surface area contributed by atoms with E-state index in [2.05, 4.69) is 10.3 Å². The molecule has 28 heavy (non-hydrogen) atoms. The number of amides is 1. The summed E-state index contributed by atoms with van der Waals surface area (Å²) in [6.07, 6.45) is 0. The number of anilines is 1. The van der Waals surface area contributed by atoms with Gasteiger partial charge in [0.15, 0.2) is 0 Å². The van der Waals surface area contributed by atoms with Gasteiger partial charge in [0.05, 0.1) is 22.5 Å². The molecule has 3 aromatic carbocycles. The second-order valence-corrected chi connectivity index (χ2v) is 6.52. The molecule has 1 N–H and O–H groups in total. The fraction of sp³-hybridized carbons (Fsp3) is 0.0435. The van der Waals surface area contributed by atoms with Gasteiger partial charge in [0.2, 0.25) is 0 Å². The Morgan fingerprint density at radius 3 is 2.43 bits per heavy atom. The second kappa shape index (κ2) is 7.19. The number of hydrogen-bond donors (Lipinski definition) is 1. The molecule has 1 heterocycles. The third-order valence-electron chi connectivity index (χ3n) is 4.47. The smallest absolute Gasteiger partial charge is 0.256 e. The lowest BCUT2D eigenvalue weighted by molar-refractivity contribution is 0.102. The molecule has 0 saturated carbocycles. The zero-order valence-electron chi connectivity index (χ0n) is 15.0. The van der Waals surface area contributed by atoms with Crippen molar-refractivity contribution in [3.8, 4) is 11.3 Å². The van der Waals surface area contributed by atoms with Gasteiger partial charge in [0.1, 0.15) is 11.6 Å². The molecule has 1 amide bonds. The molecular formula is C23H16F2N2O. The number of carbonyl (C=O) groups excluding carboxylic acids is 1. The Labute approximate surface area is 160 Å². The average molecular weight is 374 g/mol. The monoisotopic (exact) mass is 374 g/mol. The Kier molecular flexibility index (Phi) is 4.57. The van der Waals surface area contributed by atoms with E-state index in [0.29, 0.717) is 27.7 Å². The number of rotatable bonds is 3. The third kappa shape index (κ3) is 3.47. The number of para-hydroxylation sites is 1. The summed E-state index contributed by atoms with van der Waals surface area (Å²) in [6, 6.07) is 19.1. The van der Waals surface area contributed by atoms with Crippen molar-refractivity contribution in [2.45, 2.75) is 6.92 Å². The number of aryl methyl sites for hydroxylation is 1. The molecule has 4 aromatic rings. The summed E-state index contributed by atoms with van der Waals surface area (Å²) in [5.41, 5.74) is 3.30. The van der Waals surface area contributed by atoms with E-state index in [9.17, 15) is 13.6 Å². The van der Waals surface area contributed by atoms with Gasteiger partial charge in [-0.05, 0) is 61.5 Å². The summed E-state index contributed by atoms with van der Waals surface area (Å²) in [7, 11) is 0. The van der Waals surface area contributed by atoms with Crippen LogP contribution >= 0.6 is 0 Å². The lowest BCUT2D eigenvalue weighted by Crippen LogP contribution is -2.14. The predicted molar refractivity (Wildman–Crippen MR) is 106 cm³/mol. The molecule has 0 bridgehead atoms. The number of carbonyl (C=O) groups is 1. The summed E-state index contributed by atoms with van der Waals surface area (Å²) in [5.74, 6) is -1.30. The number of nitrogens with zero attached hydrogens (tertiary/aromatic N) is 1. The van der Waals surface area contributed by atoms with Gasteiger partial charge in [-0.2, -0.15) is 0 Å². The third-order valence-corrected chi connectivity index (χ3v) is 4.47. The van der Waals surface area contributed by atoms with E-state index in [0.717, 1.165) is 5.56 Å². The molecule has 0 fully saturated rings. The molecule has 138 valence electrons. The van der Waals surface area contributed by atoms with Crippen LogP contribution in [0.25, 0.3) is 22.2 Å². The molecule has 4 rings (SSSR count). The van der Waals surface area contributed by atoms with E-state index in [4.69, 9.17) is 0 Å². The molecule has 5 heteroatoms. The Bertz CT molecular complexity index is 1190. The minimum Gasteiger partial charge on any atom is -0.319 e. The Morgan fingerprint density at radius 2 is 1.68 bits per heavy atom. The van der Waals surface area contributed by atoms with Crippen LogP contribution in [0.1, 0.15) is 15.9 Å². The summed E-state index contributed by atoms with van der Waals surface area (Å²) in [4.78, 5) is 17.6. The van der Waals surface area contributed by atoms with E-state index in [1.807, 2.05) is 25.1 Å². The number of hydrogen-bond acceptors (Lipinski definition) is 2. The molecule has 3 nitrogen and oxygen atoms in total. The number of fused-ring (bicyclic) bond motifs is 1. The molecule has 0 aliphatic rings. The second-order valence-electron chi connectivity index (χ2n) is 6.52. The standard InChI is InChI=1S/C23H16F2N2O/c1-14-6-11-20-17(12-14)18(23(28)27-21-5-3-2-4-19(21)25)13-22(26-20)15-7-9-16(24)10-8-15/h2-13H,1H3,(H,27,28). The number of nitrogens with one attached hydrogen (secondary N) is 1. The number of aromatic nitrogens is 1. The average Bonchev–Trinajstić information content (AvgIpc) is 2.69. The Balaban J connectivity index is 1.85. The number of halogens is 2. The van der Waals surface area contributed by atoms with Crippen LogP contribution in [0.15, 0.2) is 72.8 Å². The van der Waals surface area contributed by atoms with Crippen LogP contribution < -0.4 is 5.32 Å². The van der Waals surface area contributed by atoms with E-state index in [1.165, 1.54) is 24.3 Å². The zero-order valence-corrected chi connectivity index (χ0v) is 15.0. The van der Waals surface area contributed by atoms with Gasteiger partial charge in [-0.3, -0.25) is 4.79 Å². The van der Waals surface area contributed by atoms with E-state index >= 15 is 0 Å². The van der Waals surface area contributed by atoms with Crippen molar-refractivity contribution in [1.82, 2.24) is 4.98 Å². The van der Waals surface area contributed by atoms with Crippen LogP contribution in [-0.2, 0) is 0 Å². The highest BCUT2D eigenvalue weighted by Crippen LogP contribution is 2.27. The minimum absolute atomic E-state index is 0.105. The van der Waals surface area contributed by atoms with Crippen LogP contribution in [0.4, 0.5) is 14.5 Å². The molecule has 0 saturated heterocycles. The highest BCUT2D eigenvalue weighted by molar-refractivity contribution is 6.13. The van der Waals surface area contributed by atoms with Gasteiger partial charge in [-0.25, -0.2) is 13.8 Å². The van der Waals surface area contributed by atoms with E-state index in [-0.39, 0.29) is 11.5 Å². The van der Waals surface area contributed by atoms with Crippen LogP contribution in [0, 0.1) is 18.6 Å².